The van der Waals surface area contributed by atoms with Gasteiger partial charge in [-0.15, -0.1) is 0 Å². The lowest BCUT2D eigenvalue weighted by molar-refractivity contribution is 0.761. The molecule has 0 unspecified atom stereocenters. The van der Waals surface area contributed by atoms with Gasteiger partial charge in [-0.05, 0) is 42.9 Å². The van der Waals surface area contributed by atoms with Gasteiger partial charge in [0.05, 0.1) is 15.9 Å². The molecular weight excluding hydrogens is 254 g/mol. The molecule has 2 rings (SSSR count). The van der Waals surface area contributed by atoms with Gasteiger partial charge < -0.3 is 11.5 Å². The van der Waals surface area contributed by atoms with Gasteiger partial charge in [0.1, 0.15) is 0 Å². The molecule has 0 aliphatic rings. The topological polar surface area (TPSA) is 64.9 Å². The minimum atomic E-state index is 0.618. The lowest BCUT2D eigenvalue weighted by atomic mass is 9.96. The zero-order valence-electron chi connectivity index (χ0n) is 11.8. The van der Waals surface area contributed by atoms with Crippen molar-refractivity contribution in [3.63, 3.8) is 0 Å². The van der Waals surface area contributed by atoms with Crippen LogP contribution in [0.1, 0.15) is 50.7 Å². The third kappa shape index (κ3) is 3.00. The van der Waals surface area contributed by atoms with E-state index in [4.69, 9.17) is 11.5 Å². The van der Waals surface area contributed by atoms with Crippen LogP contribution in [-0.2, 0) is 12.8 Å². The van der Waals surface area contributed by atoms with Crippen LogP contribution in [-0.4, -0.2) is 4.98 Å². The number of thiazole rings is 1. The van der Waals surface area contributed by atoms with Crippen LogP contribution in [0.25, 0.3) is 10.2 Å². The molecule has 0 saturated carbocycles. The predicted octanol–water partition coefficient (Wildman–Crippen LogP) is 4.15. The van der Waals surface area contributed by atoms with Crippen molar-refractivity contribution in [3.8, 4) is 0 Å². The molecule has 1 aromatic heterocycles. The molecule has 0 aliphatic heterocycles. The van der Waals surface area contributed by atoms with Crippen LogP contribution in [0.15, 0.2) is 6.07 Å². The Morgan fingerprint density at radius 3 is 2.47 bits per heavy atom. The smallest absolute Gasteiger partial charge is 0.181 e. The number of nitrogens with two attached hydrogens (primary N) is 2. The Morgan fingerprint density at radius 1 is 1.11 bits per heavy atom. The Morgan fingerprint density at radius 2 is 1.79 bits per heavy atom. The van der Waals surface area contributed by atoms with E-state index in [0.29, 0.717) is 5.13 Å². The average molecular weight is 277 g/mol. The fourth-order valence-corrected chi connectivity index (χ4v) is 3.24. The molecule has 104 valence electrons. The fourth-order valence-electron chi connectivity index (χ4n) is 2.45. The van der Waals surface area contributed by atoms with E-state index in [-0.39, 0.29) is 0 Å². The Kier molecular flexibility index (Phi) is 4.64. The molecule has 0 radical (unpaired) electrons. The van der Waals surface area contributed by atoms with Crippen LogP contribution in [0, 0.1) is 0 Å². The van der Waals surface area contributed by atoms with Crippen LogP contribution in [0.3, 0.4) is 0 Å². The van der Waals surface area contributed by atoms with Crippen LogP contribution < -0.4 is 11.5 Å². The van der Waals surface area contributed by atoms with Gasteiger partial charge in [-0.1, -0.05) is 38.0 Å². The lowest BCUT2D eigenvalue weighted by Crippen LogP contribution is -1.99. The number of benzene rings is 1. The highest BCUT2D eigenvalue weighted by Crippen LogP contribution is 2.35. The van der Waals surface area contributed by atoms with Gasteiger partial charge in [0.15, 0.2) is 5.13 Å². The van der Waals surface area contributed by atoms with E-state index in [0.717, 1.165) is 28.7 Å². The number of fused-ring (bicyclic) bond motifs is 1. The van der Waals surface area contributed by atoms with E-state index >= 15 is 0 Å². The molecule has 1 heterocycles. The van der Waals surface area contributed by atoms with Gasteiger partial charge in [0, 0.05) is 0 Å². The second kappa shape index (κ2) is 6.24. The Hall–Kier alpha value is -1.29. The van der Waals surface area contributed by atoms with E-state index in [1.54, 1.807) is 0 Å². The van der Waals surface area contributed by atoms with Crippen molar-refractivity contribution in [1.29, 1.82) is 0 Å². The molecule has 0 spiro atoms. The second-order valence-corrected chi connectivity index (χ2v) is 6.07. The van der Waals surface area contributed by atoms with Crippen molar-refractivity contribution in [2.75, 3.05) is 11.5 Å². The van der Waals surface area contributed by atoms with E-state index in [2.05, 4.69) is 24.9 Å². The van der Waals surface area contributed by atoms with Crippen LogP contribution in [0.2, 0.25) is 0 Å². The number of unbranched alkanes of at least 4 members (excludes halogenated alkanes) is 2. The maximum absolute atomic E-state index is 6.15. The quantitative estimate of drug-likeness (QED) is 0.780. The summed E-state index contributed by atoms with van der Waals surface area (Å²) in [7, 11) is 0. The molecule has 0 amide bonds. The molecule has 2 aromatic rings. The summed E-state index contributed by atoms with van der Waals surface area (Å²) in [5.74, 6) is 0. The van der Waals surface area contributed by atoms with E-state index in [1.807, 2.05) is 0 Å². The standard InChI is InChI=1S/C15H23N3S/c1-3-5-7-10-9-12(16)14-13(18-15(17)19-14)11(10)8-6-4-2/h9H,3-8,16H2,1-2H3,(H2,17,18). The number of aromatic nitrogens is 1. The first-order chi connectivity index (χ1) is 9.17. The molecule has 0 bridgehead atoms. The SMILES string of the molecule is CCCCc1cc(N)c2sc(N)nc2c1CCCC. The van der Waals surface area contributed by atoms with Crippen molar-refractivity contribution in [1.82, 2.24) is 4.98 Å². The summed E-state index contributed by atoms with van der Waals surface area (Å²) in [6, 6.07) is 2.14. The molecule has 1 aromatic carbocycles. The second-order valence-electron chi connectivity index (χ2n) is 5.04. The summed E-state index contributed by atoms with van der Waals surface area (Å²) < 4.78 is 1.06. The summed E-state index contributed by atoms with van der Waals surface area (Å²) in [6.07, 6.45) is 6.95. The molecule has 4 N–H and O–H groups in total. The first-order valence-electron chi connectivity index (χ1n) is 7.13. The third-order valence-electron chi connectivity index (χ3n) is 3.49. The highest BCUT2D eigenvalue weighted by molar-refractivity contribution is 7.22. The maximum Gasteiger partial charge on any atom is 0.181 e. The molecule has 0 atom stereocenters. The molecule has 0 aliphatic carbocycles. The largest absolute Gasteiger partial charge is 0.398 e. The summed E-state index contributed by atoms with van der Waals surface area (Å²) in [6.45, 7) is 4.43. The molecular formula is C15H23N3S. The maximum atomic E-state index is 6.15. The van der Waals surface area contributed by atoms with Crippen molar-refractivity contribution in [3.05, 3.63) is 17.2 Å². The van der Waals surface area contributed by atoms with E-state index in [1.165, 1.54) is 48.1 Å². The summed E-state index contributed by atoms with van der Waals surface area (Å²) >= 11 is 1.50. The predicted molar refractivity (Wildman–Crippen MR) is 85.7 cm³/mol. The van der Waals surface area contributed by atoms with Gasteiger partial charge in [0.2, 0.25) is 0 Å². The summed E-state index contributed by atoms with van der Waals surface area (Å²) in [5, 5.41) is 0.618. The van der Waals surface area contributed by atoms with Crippen molar-refractivity contribution < 1.29 is 0 Å². The Labute approximate surface area is 119 Å². The monoisotopic (exact) mass is 277 g/mol. The number of nitrogens with zero attached hydrogens (tertiary/aromatic N) is 1. The summed E-state index contributed by atoms with van der Waals surface area (Å²) in [4.78, 5) is 4.51. The number of aryl methyl sites for hydroxylation is 2. The molecule has 19 heavy (non-hydrogen) atoms. The van der Waals surface area contributed by atoms with Crippen LogP contribution >= 0.6 is 11.3 Å². The summed E-state index contributed by atoms with van der Waals surface area (Å²) in [5.41, 5.74) is 16.6. The van der Waals surface area contributed by atoms with Gasteiger partial charge in [-0.25, -0.2) is 4.98 Å². The zero-order valence-corrected chi connectivity index (χ0v) is 12.6. The zero-order chi connectivity index (χ0) is 13.8. The molecule has 3 nitrogen and oxygen atoms in total. The van der Waals surface area contributed by atoms with E-state index in [9.17, 15) is 0 Å². The molecule has 0 saturated heterocycles. The van der Waals surface area contributed by atoms with Gasteiger partial charge in [-0.2, -0.15) is 0 Å². The fraction of sp³-hybridized carbons (Fsp3) is 0.533. The highest BCUT2D eigenvalue weighted by Gasteiger charge is 2.14. The third-order valence-corrected chi connectivity index (χ3v) is 4.42. The number of hydrogen-bond donors (Lipinski definition) is 2. The van der Waals surface area contributed by atoms with Gasteiger partial charge in [0.25, 0.3) is 0 Å². The number of rotatable bonds is 6. The normalized spacial score (nSPS) is 11.3. The van der Waals surface area contributed by atoms with Crippen molar-refractivity contribution in [2.45, 2.75) is 52.4 Å². The number of hydrogen-bond acceptors (Lipinski definition) is 4. The van der Waals surface area contributed by atoms with Crippen molar-refractivity contribution >= 4 is 32.4 Å². The first kappa shape index (κ1) is 14.1. The van der Waals surface area contributed by atoms with E-state index < -0.39 is 0 Å². The van der Waals surface area contributed by atoms with Crippen LogP contribution in [0.5, 0.6) is 0 Å². The Bertz CT molecular complexity index is 560. The van der Waals surface area contributed by atoms with Gasteiger partial charge in [-0.3, -0.25) is 0 Å². The molecule has 0 fully saturated rings. The minimum absolute atomic E-state index is 0.618. The van der Waals surface area contributed by atoms with Gasteiger partial charge >= 0.3 is 0 Å². The minimum Gasteiger partial charge on any atom is -0.398 e. The lowest BCUT2D eigenvalue weighted by Gasteiger charge is -2.11. The van der Waals surface area contributed by atoms with Crippen LogP contribution in [0.4, 0.5) is 10.8 Å². The number of anilines is 2. The average Bonchev–Trinajstić information content (AvgIpc) is 2.78. The van der Waals surface area contributed by atoms with Crippen molar-refractivity contribution in [2.24, 2.45) is 0 Å². The molecule has 4 heteroatoms. The Balaban J connectivity index is 2.51. The first-order valence-corrected chi connectivity index (χ1v) is 7.95. The highest BCUT2D eigenvalue weighted by atomic mass is 32.1. The number of nitrogen functional groups attached to an aromatic ring is 2.